The quantitative estimate of drug-likeness (QED) is 0.230. The van der Waals surface area contributed by atoms with Crippen LogP contribution in [0.5, 0.6) is 0 Å². The third-order valence-corrected chi connectivity index (χ3v) is 5.71. The second kappa shape index (κ2) is 15.1. The predicted octanol–water partition coefficient (Wildman–Crippen LogP) is 0.196. The van der Waals surface area contributed by atoms with Gasteiger partial charge in [-0.2, -0.15) is 0 Å². The third-order valence-electron chi connectivity index (χ3n) is 5.71. The Hall–Kier alpha value is -2.89. The van der Waals surface area contributed by atoms with Crippen LogP contribution in [0.2, 0.25) is 0 Å². The molecule has 0 radical (unpaired) electrons. The molecule has 34 heavy (non-hydrogen) atoms. The van der Waals surface area contributed by atoms with Crippen LogP contribution < -0.4 is 26.7 Å². The summed E-state index contributed by atoms with van der Waals surface area (Å²) < 4.78 is 5.11. The highest BCUT2D eigenvalue weighted by Crippen LogP contribution is 2.26. The average molecular weight is 486 g/mol. The number of cyclic esters (lactones) is 1. The lowest BCUT2D eigenvalue weighted by molar-refractivity contribution is -0.142. The molecule has 12 heteroatoms. The SMILES string of the molecule is CNC(=O)[C@@H](C)NC(=O)[C@@H]1CCCCNC(=O)OCCC[C@H](C(=O)NO)[C@@H](CC(C)C)C(=O)N1. The highest BCUT2D eigenvalue weighted by molar-refractivity contribution is 5.93. The van der Waals surface area contributed by atoms with Crippen LogP contribution >= 0.6 is 0 Å². The van der Waals surface area contributed by atoms with E-state index in [-0.39, 0.29) is 31.3 Å². The van der Waals surface area contributed by atoms with Crippen molar-refractivity contribution in [2.75, 3.05) is 20.2 Å². The van der Waals surface area contributed by atoms with Crippen molar-refractivity contribution in [3.8, 4) is 0 Å². The zero-order valence-corrected chi connectivity index (χ0v) is 20.4. The number of rotatable bonds is 6. The molecule has 0 bridgehead atoms. The molecule has 0 aromatic carbocycles. The normalized spacial score (nSPS) is 23.8. The molecule has 1 aliphatic heterocycles. The molecule has 0 spiro atoms. The molecule has 1 rings (SSSR count). The van der Waals surface area contributed by atoms with E-state index in [0.29, 0.717) is 32.2 Å². The van der Waals surface area contributed by atoms with Crippen molar-refractivity contribution in [2.45, 2.75) is 71.4 Å². The molecule has 1 fully saturated rings. The molecule has 1 saturated heterocycles. The van der Waals surface area contributed by atoms with Crippen molar-refractivity contribution in [3.05, 3.63) is 0 Å². The molecular weight excluding hydrogens is 446 g/mol. The van der Waals surface area contributed by atoms with Crippen molar-refractivity contribution < 1.29 is 33.9 Å². The zero-order valence-electron chi connectivity index (χ0n) is 20.4. The van der Waals surface area contributed by atoms with E-state index >= 15 is 0 Å². The van der Waals surface area contributed by atoms with Crippen molar-refractivity contribution in [1.82, 2.24) is 26.7 Å². The molecule has 0 unspecified atom stereocenters. The van der Waals surface area contributed by atoms with Crippen LogP contribution in [-0.4, -0.2) is 67.2 Å². The highest BCUT2D eigenvalue weighted by Gasteiger charge is 2.36. The summed E-state index contributed by atoms with van der Waals surface area (Å²) >= 11 is 0. The van der Waals surface area contributed by atoms with E-state index in [1.54, 1.807) is 5.48 Å². The van der Waals surface area contributed by atoms with Crippen molar-refractivity contribution in [3.63, 3.8) is 0 Å². The Morgan fingerprint density at radius 3 is 2.41 bits per heavy atom. The molecule has 12 nitrogen and oxygen atoms in total. The third kappa shape index (κ3) is 9.94. The van der Waals surface area contributed by atoms with Crippen LogP contribution in [0, 0.1) is 17.8 Å². The molecule has 4 atom stereocenters. The zero-order chi connectivity index (χ0) is 25.7. The fourth-order valence-corrected chi connectivity index (χ4v) is 3.89. The largest absolute Gasteiger partial charge is 0.450 e. The van der Waals surface area contributed by atoms with Gasteiger partial charge in [-0.05, 0) is 51.4 Å². The summed E-state index contributed by atoms with van der Waals surface area (Å²) in [6.07, 6.45) is 1.57. The Morgan fingerprint density at radius 1 is 1.09 bits per heavy atom. The molecule has 5 amide bonds. The number of nitrogens with one attached hydrogen (secondary N) is 5. The average Bonchev–Trinajstić information content (AvgIpc) is 2.80. The lowest BCUT2D eigenvalue weighted by Gasteiger charge is -2.28. The van der Waals surface area contributed by atoms with Gasteiger partial charge in [-0.25, -0.2) is 10.3 Å². The summed E-state index contributed by atoms with van der Waals surface area (Å²) in [5.74, 6) is -3.77. The Kier molecular flexibility index (Phi) is 12.9. The fraction of sp³-hybridized carbons (Fsp3) is 0.773. The summed E-state index contributed by atoms with van der Waals surface area (Å²) in [4.78, 5) is 62.3. The minimum atomic E-state index is -0.941. The van der Waals surface area contributed by atoms with Gasteiger partial charge >= 0.3 is 6.09 Å². The van der Waals surface area contributed by atoms with E-state index < -0.39 is 47.7 Å². The first-order valence-corrected chi connectivity index (χ1v) is 11.8. The molecule has 6 N–H and O–H groups in total. The summed E-state index contributed by atoms with van der Waals surface area (Å²) in [6, 6.07) is -1.74. The van der Waals surface area contributed by atoms with E-state index in [9.17, 15) is 29.2 Å². The van der Waals surface area contributed by atoms with Crippen molar-refractivity contribution >= 4 is 29.7 Å². The summed E-state index contributed by atoms with van der Waals surface area (Å²) in [5, 5.41) is 19.7. The maximum absolute atomic E-state index is 13.3. The fourth-order valence-electron chi connectivity index (χ4n) is 3.89. The maximum Gasteiger partial charge on any atom is 0.407 e. The summed E-state index contributed by atoms with van der Waals surface area (Å²) in [5.41, 5.74) is 1.63. The van der Waals surface area contributed by atoms with E-state index in [1.807, 2.05) is 13.8 Å². The van der Waals surface area contributed by atoms with Crippen LogP contribution in [-0.2, 0) is 23.9 Å². The number of hydrogen-bond donors (Lipinski definition) is 6. The smallest absolute Gasteiger partial charge is 0.407 e. The molecule has 0 aliphatic carbocycles. The van der Waals surface area contributed by atoms with Crippen molar-refractivity contribution in [1.29, 1.82) is 0 Å². The Morgan fingerprint density at radius 2 is 1.79 bits per heavy atom. The van der Waals surface area contributed by atoms with Gasteiger partial charge in [-0.1, -0.05) is 13.8 Å². The minimum Gasteiger partial charge on any atom is -0.450 e. The van der Waals surface area contributed by atoms with E-state index in [0.717, 1.165) is 0 Å². The van der Waals surface area contributed by atoms with Gasteiger partial charge < -0.3 is 26.0 Å². The van der Waals surface area contributed by atoms with Crippen LogP contribution in [0.15, 0.2) is 0 Å². The Balaban J connectivity index is 3.18. The van der Waals surface area contributed by atoms with Gasteiger partial charge in [0.15, 0.2) is 0 Å². The summed E-state index contributed by atoms with van der Waals surface area (Å²) in [7, 11) is 1.46. The molecule has 0 saturated carbocycles. The number of carbonyl (C=O) groups excluding carboxylic acids is 5. The molecule has 1 heterocycles. The molecular formula is C22H39N5O7. The maximum atomic E-state index is 13.3. The lowest BCUT2D eigenvalue weighted by atomic mass is 9.81. The van der Waals surface area contributed by atoms with Crippen LogP contribution in [0.3, 0.4) is 0 Å². The number of hydrogen-bond acceptors (Lipinski definition) is 7. The van der Waals surface area contributed by atoms with Gasteiger partial charge in [0.05, 0.1) is 12.5 Å². The van der Waals surface area contributed by atoms with Crippen LogP contribution in [0.25, 0.3) is 0 Å². The van der Waals surface area contributed by atoms with Gasteiger partial charge in [0.25, 0.3) is 0 Å². The van der Waals surface area contributed by atoms with Crippen molar-refractivity contribution in [2.24, 2.45) is 17.8 Å². The van der Waals surface area contributed by atoms with Gasteiger partial charge in [-0.3, -0.25) is 24.4 Å². The number of alkyl carbamates (subject to hydrolysis) is 1. The van der Waals surface area contributed by atoms with Crippen LogP contribution in [0.4, 0.5) is 4.79 Å². The number of hydroxylamine groups is 1. The first-order chi connectivity index (χ1) is 16.1. The molecule has 0 aromatic heterocycles. The van der Waals surface area contributed by atoms with E-state index in [1.165, 1.54) is 14.0 Å². The molecule has 0 aromatic rings. The molecule has 1 aliphatic rings. The first kappa shape index (κ1) is 29.1. The van der Waals surface area contributed by atoms with Gasteiger partial charge in [0.1, 0.15) is 12.1 Å². The summed E-state index contributed by atoms with van der Waals surface area (Å²) in [6.45, 7) is 5.73. The highest BCUT2D eigenvalue weighted by atomic mass is 16.5. The number of likely N-dealkylation sites (N-methyl/N-ethyl adjacent to an activating group) is 1. The first-order valence-electron chi connectivity index (χ1n) is 11.8. The molecule has 194 valence electrons. The van der Waals surface area contributed by atoms with Gasteiger partial charge in [0.2, 0.25) is 23.6 Å². The second-order valence-corrected chi connectivity index (χ2v) is 8.92. The minimum absolute atomic E-state index is 0.0504. The standard InChI is InChI=1S/C22H39N5O7/c1-13(2)12-16-15(20(30)27-33)8-7-11-34-22(32)24-10-6-5-9-17(26-19(16)29)21(31)25-14(3)18(28)23-4/h13-17,33H,5-12H2,1-4H3,(H,23,28)(H,24,32)(H,25,31)(H,26,29)(H,27,30)/t14-,15+,16-,17+/m1/s1. The number of amides is 5. The van der Waals surface area contributed by atoms with Gasteiger partial charge in [-0.15, -0.1) is 0 Å². The monoisotopic (exact) mass is 485 g/mol. The Bertz CT molecular complexity index is 716. The second-order valence-electron chi connectivity index (χ2n) is 8.92. The van der Waals surface area contributed by atoms with Crippen LogP contribution in [0.1, 0.15) is 59.3 Å². The Labute approximate surface area is 200 Å². The predicted molar refractivity (Wildman–Crippen MR) is 122 cm³/mol. The number of ether oxygens (including phenoxy) is 1. The lowest BCUT2D eigenvalue weighted by Crippen LogP contribution is -2.54. The number of carbonyl (C=O) groups is 5. The topological polar surface area (TPSA) is 175 Å². The van der Waals surface area contributed by atoms with E-state index in [2.05, 4.69) is 21.3 Å². The van der Waals surface area contributed by atoms with E-state index in [4.69, 9.17) is 4.74 Å². The van der Waals surface area contributed by atoms with Gasteiger partial charge in [0, 0.05) is 19.5 Å².